The van der Waals surface area contributed by atoms with E-state index in [9.17, 15) is 4.79 Å². The van der Waals surface area contributed by atoms with Crippen molar-refractivity contribution in [3.63, 3.8) is 0 Å². The highest BCUT2D eigenvalue weighted by molar-refractivity contribution is 7.09. The van der Waals surface area contributed by atoms with E-state index >= 15 is 0 Å². The number of nitrogens with two attached hydrogens (primary N) is 1. The van der Waals surface area contributed by atoms with Crippen molar-refractivity contribution in [2.45, 2.75) is 26.4 Å². The molecule has 2 atom stereocenters. The number of aryl methyl sites for hydroxylation is 1. The average Bonchev–Trinajstić information content (AvgIpc) is 2.90. The van der Waals surface area contributed by atoms with Gasteiger partial charge in [-0.1, -0.05) is 37.3 Å². The number of aromatic nitrogens is 1. The summed E-state index contributed by atoms with van der Waals surface area (Å²) in [5, 5.41) is 3.00. The molecule has 1 aromatic carbocycles. The third-order valence-electron chi connectivity index (χ3n) is 3.55. The van der Waals surface area contributed by atoms with Gasteiger partial charge in [0.1, 0.15) is 0 Å². The standard InChI is InChI=1S/C16H21N3OS/c1-11(15(17)13-7-5-4-6-8-13)16(20)19(3)9-14-10-21-12(2)18-14/h4-8,10-11,15H,9,17H2,1-3H3. The summed E-state index contributed by atoms with van der Waals surface area (Å²) in [5.41, 5.74) is 8.12. The van der Waals surface area contributed by atoms with Crippen LogP contribution in [0.15, 0.2) is 35.7 Å². The molecule has 0 saturated carbocycles. The summed E-state index contributed by atoms with van der Waals surface area (Å²) in [5.74, 6) is -0.228. The molecular weight excluding hydrogens is 282 g/mol. The molecule has 0 saturated heterocycles. The lowest BCUT2D eigenvalue weighted by Crippen LogP contribution is -2.36. The molecule has 0 aliphatic carbocycles. The van der Waals surface area contributed by atoms with Gasteiger partial charge in [0.05, 0.1) is 23.2 Å². The molecule has 4 nitrogen and oxygen atoms in total. The van der Waals surface area contributed by atoms with Gasteiger partial charge in [-0.15, -0.1) is 11.3 Å². The Labute approximate surface area is 129 Å². The molecule has 2 aromatic rings. The van der Waals surface area contributed by atoms with Crippen LogP contribution in [0.3, 0.4) is 0 Å². The number of carbonyl (C=O) groups excluding carboxylic acids is 1. The summed E-state index contributed by atoms with van der Waals surface area (Å²) in [4.78, 5) is 18.6. The molecule has 2 N–H and O–H groups in total. The Morgan fingerprint density at radius 1 is 1.38 bits per heavy atom. The van der Waals surface area contributed by atoms with E-state index < -0.39 is 0 Å². The van der Waals surface area contributed by atoms with Crippen LogP contribution in [0.2, 0.25) is 0 Å². The fourth-order valence-corrected chi connectivity index (χ4v) is 2.87. The molecule has 0 bridgehead atoms. The van der Waals surface area contributed by atoms with Gasteiger partial charge in [0.15, 0.2) is 0 Å². The minimum Gasteiger partial charge on any atom is -0.340 e. The van der Waals surface area contributed by atoms with E-state index in [2.05, 4.69) is 4.98 Å². The van der Waals surface area contributed by atoms with E-state index in [4.69, 9.17) is 5.73 Å². The van der Waals surface area contributed by atoms with Gasteiger partial charge in [0.25, 0.3) is 0 Å². The summed E-state index contributed by atoms with van der Waals surface area (Å²) in [6.45, 7) is 4.36. The predicted molar refractivity (Wildman–Crippen MR) is 85.9 cm³/mol. The Morgan fingerprint density at radius 3 is 2.62 bits per heavy atom. The van der Waals surface area contributed by atoms with Crippen molar-refractivity contribution in [1.82, 2.24) is 9.88 Å². The molecular formula is C16H21N3OS. The predicted octanol–water partition coefficient (Wildman–Crippen LogP) is 2.75. The van der Waals surface area contributed by atoms with E-state index in [0.29, 0.717) is 6.54 Å². The highest BCUT2D eigenvalue weighted by Crippen LogP contribution is 2.21. The van der Waals surface area contributed by atoms with E-state index in [0.717, 1.165) is 16.3 Å². The highest BCUT2D eigenvalue weighted by atomic mass is 32.1. The molecule has 1 amide bonds. The van der Waals surface area contributed by atoms with E-state index in [-0.39, 0.29) is 17.9 Å². The van der Waals surface area contributed by atoms with Crippen molar-refractivity contribution in [2.24, 2.45) is 11.7 Å². The third kappa shape index (κ3) is 3.89. The van der Waals surface area contributed by atoms with Crippen molar-refractivity contribution in [2.75, 3.05) is 7.05 Å². The summed E-state index contributed by atoms with van der Waals surface area (Å²) in [6.07, 6.45) is 0. The lowest BCUT2D eigenvalue weighted by atomic mass is 9.94. The maximum atomic E-state index is 12.5. The first kappa shape index (κ1) is 15.7. The molecule has 1 heterocycles. The molecule has 0 aliphatic rings. The van der Waals surface area contributed by atoms with E-state index in [1.807, 2.05) is 49.6 Å². The number of rotatable bonds is 5. The van der Waals surface area contributed by atoms with Crippen LogP contribution < -0.4 is 5.73 Å². The fraction of sp³-hybridized carbons (Fsp3) is 0.375. The van der Waals surface area contributed by atoms with Crippen molar-refractivity contribution in [3.8, 4) is 0 Å². The summed E-state index contributed by atoms with van der Waals surface area (Å²) in [7, 11) is 1.80. The Bertz CT molecular complexity index is 597. The first-order valence-electron chi connectivity index (χ1n) is 6.95. The largest absolute Gasteiger partial charge is 0.340 e. The van der Waals surface area contributed by atoms with Crippen molar-refractivity contribution < 1.29 is 4.79 Å². The van der Waals surface area contributed by atoms with Gasteiger partial charge in [-0.2, -0.15) is 0 Å². The molecule has 2 unspecified atom stereocenters. The van der Waals surface area contributed by atoms with Gasteiger partial charge in [-0.3, -0.25) is 4.79 Å². The highest BCUT2D eigenvalue weighted by Gasteiger charge is 2.25. The monoisotopic (exact) mass is 303 g/mol. The molecule has 0 fully saturated rings. The van der Waals surface area contributed by atoms with Crippen LogP contribution in [-0.2, 0) is 11.3 Å². The number of amides is 1. The topological polar surface area (TPSA) is 59.2 Å². The lowest BCUT2D eigenvalue weighted by molar-refractivity contribution is -0.134. The minimum atomic E-state index is -0.293. The zero-order chi connectivity index (χ0) is 15.4. The molecule has 2 rings (SSSR count). The van der Waals surface area contributed by atoms with Crippen molar-refractivity contribution >= 4 is 17.2 Å². The van der Waals surface area contributed by atoms with Crippen LogP contribution in [0.25, 0.3) is 0 Å². The van der Waals surface area contributed by atoms with E-state index in [1.165, 1.54) is 0 Å². The Balaban J connectivity index is 2.01. The number of hydrogen-bond donors (Lipinski definition) is 1. The van der Waals surface area contributed by atoms with Crippen molar-refractivity contribution in [1.29, 1.82) is 0 Å². The summed E-state index contributed by atoms with van der Waals surface area (Å²) >= 11 is 1.60. The maximum absolute atomic E-state index is 12.5. The fourth-order valence-electron chi connectivity index (χ4n) is 2.27. The van der Waals surface area contributed by atoms with Crippen LogP contribution in [-0.4, -0.2) is 22.8 Å². The number of nitrogens with zero attached hydrogens (tertiary/aromatic N) is 2. The van der Waals surface area contributed by atoms with Gasteiger partial charge in [0.2, 0.25) is 5.91 Å². The number of carbonyl (C=O) groups is 1. The zero-order valence-electron chi connectivity index (χ0n) is 12.6. The van der Waals surface area contributed by atoms with E-state index in [1.54, 1.807) is 23.3 Å². The summed E-state index contributed by atoms with van der Waals surface area (Å²) in [6, 6.07) is 9.44. The van der Waals surface area contributed by atoms with Gasteiger partial charge < -0.3 is 10.6 Å². The molecule has 21 heavy (non-hydrogen) atoms. The van der Waals surface area contributed by atoms with Gasteiger partial charge in [0, 0.05) is 18.5 Å². The molecule has 0 aliphatic heterocycles. The van der Waals surface area contributed by atoms with Crippen LogP contribution >= 0.6 is 11.3 Å². The second-order valence-electron chi connectivity index (χ2n) is 5.28. The molecule has 5 heteroatoms. The van der Waals surface area contributed by atoms with Gasteiger partial charge in [-0.25, -0.2) is 4.98 Å². The lowest BCUT2D eigenvalue weighted by Gasteiger charge is -2.25. The Kier molecular flexibility index (Phi) is 5.09. The van der Waals surface area contributed by atoms with Crippen molar-refractivity contribution in [3.05, 3.63) is 52.0 Å². The second kappa shape index (κ2) is 6.83. The Hall–Kier alpha value is -1.72. The summed E-state index contributed by atoms with van der Waals surface area (Å²) < 4.78 is 0. The molecule has 1 aromatic heterocycles. The molecule has 0 spiro atoms. The van der Waals surface area contributed by atoms with Crippen LogP contribution in [0.4, 0.5) is 0 Å². The zero-order valence-corrected chi connectivity index (χ0v) is 13.4. The quantitative estimate of drug-likeness (QED) is 0.924. The van der Waals surface area contributed by atoms with Crippen LogP contribution in [0, 0.1) is 12.8 Å². The maximum Gasteiger partial charge on any atom is 0.227 e. The first-order valence-corrected chi connectivity index (χ1v) is 7.83. The van der Waals surface area contributed by atoms with Crippen LogP contribution in [0.1, 0.15) is 29.2 Å². The SMILES string of the molecule is Cc1nc(CN(C)C(=O)C(C)C(N)c2ccccc2)cs1. The number of hydrogen-bond acceptors (Lipinski definition) is 4. The number of thiazole rings is 1. The second-order valence-corrected chi connectivity index (χ2v) is 6.34. The number of benzene rings is 1. The normalized spacial score (nSPS) is 13.7. The minimum absolute atomic E-state index is 0.0389. The van der Waals surface area contributed by atoms with Crippen LogP contribution in [0.5, 0.6) is 0 Å². The molecule has 112 valence electrons. The average molecular weight is 303 g/mol. The van der Waals surface area contributed by atoms with Gasteiger partial charge >= 0.3 is 0 Å². The van der Waals surface area contributed by atoms with Gasteiger partial charge in [-0.05, 0) is 12.5 Å². The first-order chi connectivity index (χ1) is 9.99. The Morgan fingerprint density at radius 2 is 2.05 bits per heavy atom. The molecule has 0 radical (unpaired) electrons. The smallest absolute Gasteiger partial charge is 0.227 e. The third-order valence-corrected chi connectivity index (χ3v) is 4.38.